The summed E-state index contributed by atoms with van der Waals surface area (Å²) < 4.78 is 5.43. The van der Waals surface area contributed by atoms with E-state index < -0.39 is 9.36 Å². The molecule has 5 nitrogen and oxygen atoms in total. The minimum atomic E-state index is -1.77. The van der Waals surface area contributed by atoms with Crippen molar-refractivity contribution in [1.82, 2.24) is 9.96 Å². The highest BCUT2D eigenvalue weighted by Crippen LogP contribution is 1.90. The molecule has 0 unspecified atom stereocenters. The van der Waals surface area contributed by atoms with Crippen molar-refractivity contribution >= 4 is 21.2 Å². The van der Waals surface area contributed by atoms with E-state index in [1.807, 2.05) is 13.8 Å². The van der Waals surface area contributed by atoms with E-state index in [9.17, 15) is 9.59 Å². The Labute approximate surface area is 92.5 Å². The molecule has 2 amide bonds. The Hall–Kier alpha value is -0.883. The highest BCUT2D eigenvalue weighted by molar-refractivity contribution is 6.52. The van der Waals surface area contributed by atoms with E-state index in [4.69, 9.17) is 4.43 Å². The zero-order valence-corrected chi connectivity index (χ0v) is 10.7. The van der Waals surface area contributed by atoms with Gasteiger partial charge in [-0.1, -0.05) is 13.8 Å². The van der Waals surface area contributed by atoms with Gasteiger partial charge in [0.1, 0.15) is 0 Å². The molecule has 0 aromatic heterocycles. The molecule has 0 aliphatic heterocycles. The predicted octanol–water partition coefficient (Wildman–Crippen LogP) is 0.449. The van der Waals surface area contributed by atoms with Crippen LogP contribution in [0, 0.1) is 0 Å². The molecule has 0 aliphatic rings. The summed E-state index contributed by atoms with van der Waals surface area (Å²) in [6, 6.07) is 0. The Kier molecular flexibility index (Phi) is 6.98. The van der Waals surface area contributed by atoms with Crippen molar-refractivity contribution in [3.05, 3.63) is 0 Å². The fraction of sp³-hybridized carbons (Fsp3) is 0.778. The third kappa shape index (κ3) is 7.09. The predicted molar refractivity (Wildman–Crippen MR) is 58.8 cm³/mol. The Morgan fingerprint density at radius 1 is 1.13 bits per heavy atom. The van der Waals surface area contributed by atoms with Crippen molar-refractivity contribution < 1.29 is 14.0 Å². The summed E-state index contributed by atoms with van der Waals surface area (Å²) in [4.78, 5) is 27.7. The van der Waals surface area contributed by atoms with Crippen molar-refractivity contribution in [2.75, 3.05) is 0 Å². The topological polar surface area (TPSA) is 67.4 Å². The molecule has 0 atom stereocenters. The van der Waals surface area contributed by atoms with Gasteiger partial charge in [-0.25, -0.2) is 0 Å². The van der Waals surface area contributed by atoms with Crippen LogP contribution in [0.1, 0.15) is 40.5 Å². The Morgan fingerprint density at radius 2 is 1.53 bits per heavy atom. The Balaban J connectivity index is 4.17. The lowest BCUT2D eigenvalue weighted by Crippen LogP contribution is -2.55. The first-order valence-corrected chi connectivity index (χ1v) is 6.53. The van der Waals surface area contributed by atoms with Gasteiger partial charge in [-0.15, -0.1) is 0 Å². The molecule has 0 aliphatic carbocycles. The first-order chi connectivity index (χ1) is 6.99. The highest BCUT2D eigenvalue weighted by atomic mass is 28.3. The van der Waals surface area contributed by atoms with Crippen LogP contribution in [0.15, 0.2) is 0 Å². The molecule has 0 bridgehead atoms. The van der Waals surface area contributed by atoms with Gasteiger partial charge in [0.05, 0.1) is 0 Å². The summed E-state index contributed by atoms with van der Waals surface area (Å²) in [6.07, 6.45) is 0.753. The summed E-state index contributed by atoms with van der Waals surface area (Å²) >= 11 is 0. The van der Waals surface area contributed by atoms with E-state index in [0.29, 0.717) is 12.8 Å². The number of hydrogen-bond donors (Lipinski definition) is 2. The molecule has 0 heterocycles. The smallest absolute Gasteiger partial charge is 0.379 e. The molecular formula is C9H19N2O3Si. The third-order valence-corrected chi connectivity index (χ3v) is 3.22. The Bertz CT molecular complexity index is 203. The fourth-order valence-corrected chi connectivity index (χ4v) is 2.27. The molecule has 15 heavy (non-hydrogen) atoms. The minimum Gasteiger partial charge on any atom is -0.379 e. The maximum absolute atomic E-state index is 11.2. The molecule has 0 rings (SSSR count). The van der Waals surface area contributed by atoms with Gasteiger partial charge in [-0.05, 0) is 13.8 Å². The zero-order valence-electron chi connectivity index (χ0n) is 9.72. The van der Waals surface area contributed by atoms with Crippen LogP contribution in [0.2, 0.25) is 0 Å². The molecule has 2 N–H and O–H groups in total. The van der Waals surface area contributed by atoms with Crippen LogP contribution in [0.5, 0.6) is 0 Å². The second kappa shape index (κ2) is 7.41. The maximum Gasteiger partial charge on any atom is 0.480 e. The lowest BCUT2D eigenvalue weighted by Gasteiger charge is -2.18. The first-order valence-electron chi connectivity index (χ1n) is 5.12. The number of carbonyl (C=O) groups is 2. The van der Waals surface area contributed by atoms with Crippen molar-refractivity contribution in [3.63, 3.8) is 0 Å². The van der Waals surface area contributed by atoms with Gasteiger partial charge < -0.3 is 14.4 Å². The summed E-state index contributed by atoms with van der Waals surface area (Å²) in [5.74, 6) is -0.220. The monoisotopic (exact) mass is 231 g/mol. The van der Waals surface area contributed by atoms with E-state index >= 15 is 0 Å². The summed E-state index contributed by atoms with van der Waals surface area (Å²) in [5, 5.41) is 0. The summed E-state index contributed by atoms with van der Waals surface area (Å²) in [6.45, 7) is 7.24. The van der Waals surface area contributed by atoms with Crippen LogP contribution >= 0.6 is 0 Å². The molecule has 0 aromatic carbocycles. The van der Waals surface area contributed by atoms with E-state index in [1.165, 1.54) is 0 Å². The van der Waals surface area contributed by atoms with E-state index in [-0.39, 0.29) is 17.9 Å². The average molecular weight is 231 g/mol. The van der Waals surface area contributed by atoms with Crippen LogP contribution in [0.25, 0.3) is 0 Å². The third-order valence-electron chi connectivity index (χ3n) is 1.50. The SMILES string of the molecule is CCC(=O)N[Si](NC(=O)CC)OC(C)C. The van der Waals surface area contributed by atoms with E-state index in [1.54, 1.807) is 13.8 Å². The van der Waals surface area contributed by atoms with Crippen LogP contribution in [-0.2, 0) is 14.0 Å². The van der Waals surface area contributed by atoms with Gasteiger partial charge in [0.15, 0.2) is 0 Å². The van der Waals surface area contributed by atoms with Gasteiger partial charge >= 0.3 is 9.36 Å². The van der Waals surface area contributed by atoms with Crippen LogP contribution in [-0.4, -0.2) is 27.3 Å². The molecule has 1 radical (unpaired) electrons. The zero-order chi connectivity index (χ0) is 11.8. The van der Waals surface area contributed by atoms with E-state index in [2.05, 4.69) is 9.96 Å². The highest BCUT2D eigenvalue weighted by Gasteiger charge is 2.21. The van der Waals surface area contributed by atoms with Crippen LogP contribution < -0.4 is 9.96 Å². The quantitative estimate of drug-likeness (QED) is 0.652. The number of nitrogens with one attached hydrogen (secondary N) is 2. The standard InChI is InChI=1S/C9H19N2O3Si/c1-5-8(12)10-15(14-7(3)4)11-9(13)6-2/h7H,5-6H2,1-4H3,(H,10,12)(H,11,13). The normalized spacial score (nSPS) is 10.5. The molecule has 0 saturated heterocycles. The van der Waals surface area contributed by atoms with E-state index in [0.717, 1.165) is 0 Å². The van der Waals surface area contributed by atoms with Crippen LogP contribution in [0.3, 0.4) is 0 Å². The Morgan fingerprint density at radius 3 is 1.80 bits per heavy atom. The van der Waals surface area contributed by atoms with Crippen molar-refractivity contribution in [1.29, 1.82) is 0 Å². The largest absolute Gasteiger partial charge is 0.480 e. The lowest BCUT2D eigenvalue weighted by molar-refractivity contribution is -0.120. The number of amides is 2. The second-order valence-corrected chi connectivity index (χ2v) is 4.69. The van der Waals surface area contributed by atoms with Crippen molar-refractivity contribution in [2.24, 2.45) is 0 Å². The first kappa shape index (κ1) is 14.1. The molecule has 87 valence electrons. The molecule has 0 fully saturated rings. The molecule has 0 spiro atoms. The summed E-state index contributed by atoms with van der Waals surface area (Å²) in [5.41, 5.74) is 0. The van der Waals surface area contributed by atoms with Gasteiger partial charge in [0.2, 0.25) is 11.8 Å². The van der Waals surface area contributed by atoms with Crippen molar-refractivity contribution in [3.8, 4) is 0 Å². The molecule has 0 saturated carbocycles. The van der Waals surface area contributed by atoms with Crippen LogP contribution in [0.4, 0.5) is 0 Å². The van der Waals surface area contributed by atoms with Gasteiger partial charge in [0.25, 0.3) is 0 Å². The maximum atomic E-state index is 11.2. The van der Waals surface area contributed by atoms with Gasteiger partial charge in [-0.3, -0.25) is 9.59 Å². The second-order valence-electron chi connectivity index (χ2n) is 3.30. The average Bonchev–Trinajstić information content (AvgIpc) is 2.16. The molecule has 6 heteroatoms. The van der Waals surface area contributed by atoms with Gasteiger partial charge in [-0.2, -0.15) is 0 Å². The number of carbonyl (C=O) groups excluding carboxylic acids is 2. The lowest BCUT2D eigenvalue weighted by atomic mass is 10.5. The molecule has 0 aromatic rings. The van der Waals surface area contributed by atoms with Gasteiger partial charge in [0, 0.05) is 18.9 Å². The number of hydrogen-bond acceptors (Lipinski definition) is 3. The number of rotatable bonds is 6. The van der Waals surface area contributed by atoms with Crippen molar-refractivity contribution in [2.45, 2.75) is 46.6 Å². The fourth-order valence-electron chi connectivity index (χ4n) is 0.756. The summed E-state index contributed by atoms with van der Waals surface area (Å²) in [7, 11) is -1.77. The minimum absolute atomic E-state index is 0.0202. The molecular weight excluding hydrogens is 212 g/mol.